The molecule has 190 valence electrons. The Morgan fingerprint density at radius 1 is 0.939 bits per heavy atom. The van der Waals surface area contributed by atoms with Crippen molar-refractivity contribution in [2.45, 2.75) is 39.4 Å². The average molecular weight is 473 g/mol. The standard InChI is InChI=1S/C20H34O7.C4H6O2/c1-20(2,3)17-6-4-5-7-18(17)27-19(22)16-26-15-14-25-13-12-24-11-10-23-9-8-21;1-3(2)4(5)6/h4-7,19,21-22H,8-16H2,1-3H3;1H2,2H3,(H,5,6). The van der Waals surface area contributed by atoms with Crippen LogP contribution in [0, 0.1) is 0 Å². The third kappa shape index (κ3) is 17.2. The highest BCUT2D eigenvalue weighted by Crippen LogP contribution is 2.31. The van der Waals surface area contributed by atoms with Crippen LogP contribution in [-0.2, 0) is 29.2 Å². The Bertz CT molecular complexity index is 644. The number of para-hydroxylation sites is 1. The molecule has 9 nitrogen and oxygen atoms in total. The molecule has 33 heavy (non-hydrogen) atoms. The van der Waals surface area contributed by atoms with E-state index in [1.165, 1.54) is 6.92 Å². The van der Waals surface area contributed by atoms with Gasteiger partial charge in [-0.2, -0.15) is 0 Å². The largest absolute Gasteiger partial charge is 0.478 e. The van der Waals surface area contributed by atoms with Gasteiger partial charge in [-0.1, -0.05) is 45.5 Å². The van der Waals surface area contributed by atoms with Gasteiger partial charge in [-0.25, -0.2) is 4.79 Å². The second kappa shape index (κ2) is 18.4. The Hall–Kier alpha value is -2.01. The van der Waals surface area contributed by atoms with Crippen molar-refractivity contribution in [3.8, 4) is 5.75 Å². The minimum Gasteiger partial charge on any atom is -0.478 e. The van der Waals surface area contributed by atoms with E-state index in [9.17, 15) is 9.90 Å². The zero-order valence-corrected chi connectivity index (χ0v) is 20.2. The van der Waals surface area contributed by atoms with Crippen LogP contribution < -0.4 is 4.74 Å². The van der Waals surface area contributed by atoms with Gasteiger partial charge in [-0.3, -0.25) is 0 Å². The fourth-order valence-corrected chi connectivity index (χ4v) is 2.28. The van der Waals surface area contributed by atoms with Crippen molar-refractivity contribution in [3.63, 3.8) is 0 Å². The first-order valence-corrected chi connectivity index (χ1v) is 10.8. The number of aliphatic hydroxyl groups is 2. The highest BCUT2D eigenvalue weighted by atomic mass is 16.6. The smallest absolute Gasteiger partial charge is 0.330 e. The normalized spacial score (nSPS) is 11.9. The monoisotopic (exact) mass is 472 g/mol. The predicted molar refractivity (Wildman–Crippen MR) is 125 cm³/mol. The van der Waals surface area contributed by atoms with E-state index in [0.29, 0.717) is 52.0 Å². The highest BCUT2D eigenvalue weighted by molar-refractivity contribution is 5.84. The number of carboxylic acid groups (broad SMARTS) is 1. The zero-order chi connectivity index (χ0) is 25.1. The third-order valence-corrected chi connectivity index (χ3v) is 3.94. The van der Waals surface area contributed by atoms with Crippen LogP contribution in [0.15, 0.2) is 36.4 Å². The number of benzene rings is 1. The molecule has 1 rings (SSSR count). The van der Waals surface area contributed by atoms with E-state index in [2.05, 4.69) is 27.4 Å². The van der Waals surface area contributed by atoms with Gasteiger partial charge >= 0.3 is 5.97 Å². The molecule has 0 aliphatic carbocycles. The second-order valence-electron chi connectivity index (χ2n) is 8.04. The van der Waals surface area contributed by atoms with Crippen molar-refractivity contribution in [1.82, 2.24) is 0 Å². The minimum absolute atomic E-state index is 0.0198. The highest BCUT2D eigenvalue weighted by Gasteiger charge is 2.20. The lowest BCUT2D eigenvalue weighted by Crippen LogP contribution is -2.25. The number of hydrogen-bond acceptors (Lipinski definition) is 8. The zero-order valence-electron chi connectivity index (χ0n) is 20.2. The van der Waals surface area contributed by atoms with Crippen LogP contribution in [0.25, 0.3) is 0 Å². The summed E-state index contributed by atoms with van der Waals surface area (Å²) in [4.78, 5) is 9.60. The van der Waals surface area contributed by atoms with Gasteiger partial charge in [0.15, 0.2) is 0 Å². The summed E-state index contributed by atoms with van der Waals surface area (Å²) in [5.74, 6) is -0.271. The molecular weight excluding hydrogens is 432 g/mol. The molecule has 1 aromatic rings. The number of aliphatic carboxylic acids is 1. The van der Waals surface area contributed by atoms with Crippen LogP contribution in [-0.4, -0.2) is 87.0 Å². The van der Waals surface area contributed by atoms with Gasteiger partial charge in [0.1, 0.15) is 12.4 Å². The Labute approximate surface area is 196 Å². The van der Waals surface area contributed by atoms with E-state index < -0.39 is 12.3 Å². The van der Waals surface area contributed by atoms with Gasteiger partial charge in [-0.15, -0.1) is 0 Å². The quantitative estimate of drug-likeness (QED) is 0.189. The molecule has 0 radical (unpaired) electrons. The van der Waals surface area contributed by atoms with E-state index in [4.69, 9.17) is 33.9 Å². The van der Waals surface area contributed by atoms with Gasteiger partial charge in [0.2, 0.25) is 6.29 Å². The molecule has 1 atom stereocenters. The molecule has 0 spiro atoms. The number of aliphatic hydroxyl groups excluding tert-OH is 2. The van der Waals surface area contributed by atoms with Crippen molar-refractivity contribution in [3.05, 3.63) is 42.0 Å². The first-order chi connectivity index (χ1) is 15.6. The summed E-state index contributed by atoms with van der Waals surface area (Å²) in [6.07, 6.45) is -1.03. The summed E-state index contributed by atoms with van der Waals surface area (Å²) in [6.45, 7) is 13.9. The van der Waals surface area contributed by atoms with Crippen molar-refractivity contribution < 1.29 is 43.8 Å². The Balaban J connectivity index is 0.00000150. The summed E-state index contributed by atoms with van der Waals surface area (Å²) in [5, 5.41) is 26.5. The van der Waals surface area contributed by atoms with E-state index in [-0.39, 0.29) is 24.2 Å². The molecule has 0 aromatic heterocycles. The van der Waals surface area contributed by atoms with Crippen molar-refractivity contribution in [2.24, 2.45) is 0 Å². The average Bonchev–Trinajstić information content (AvgIpc) is 2.74. The number of hydrogen-bond donors (Lipinski definition) is 3. The van der Waals surface area contributed by atoms with Crippen molar-refractivity contribution in [1.29, 1.82) is 0 Å². The lowest BCUT2D eigenvalue weighted by Gasteiger charge is -2.24. The van der Waals surface area contributed by atoms with Gasteiger partial charge in [0.25, 0.3) is 0 Å². The summed E-state index contributed by atoms with van der Waals surface area (Å²) >= 11 is 0. The van der Waals surface area contributed by atoms with Crippen LogP contribution in [0.2, 0.25) is 0 Å². The summed E-state index contributed by atoms with van der Waals surface area (Å²) < 4.78 is 26.7. The maximum Gasteiger partial charge on any atom is 0.330 e. The lowest BCUT2D eigenvalue weighted by molar-refractivity contribution is -0.132. The number of carbonyl (C=O) groups is 1. The van der Waals surface area contributed by atoms with Crippen molar-refractivity contribution >= 4 is 5.97 Å². The Kier molecular flexibility index (Phi) is 17.3. The van der Waals surface area contributed by atoms with E-state index >= 15 is 0 Å². The van der Waals surface area contributed by atoms with Crippen LogP contribution in [0.5, 0.6) is 5.75 Å². The molecule has 0 aliphatic rings. The summed E-state index contributed by atoms with van der Waals surface area (Å²) in [5.41, 5.74) is 1.14. The SMILES string of the molecule is C=C(C)C(=O)O.CC(C)(C)c1ccccc1OC(O)COCCOCCOCCOCCO. The Morgan fingerprint density at radius 3 is 1.85 bits per heavy atom. The lowest BCUT2D eigenvalue weighted by atomic mass is 9.86. The Morgan fingerprint density at radius 2 is 1.39 bits per heavy atom. The van der Waals surface area contributed by atoms with Crippen LogP contribution >= 0.6 is 0 Å². The molecule has 0 amide bonds. The predicted octanol–water partition coefficient (Wildman–Crippen LogP) is 2.39. The van der Waals surface area contributed by atoms with E-state index in [1.807, 2.05) is 24.3 Å². The van der Waals surface area contributed by atoms with Gasteiger partial charge < -0.3 is 39.0 Å². The first-order valence-electron chi connectivity index (χ1n) is 10.8. The first kappa shape index (κ1) is 31.0. The topological polar surface area (TPSA) is 124 Å². The minimum atomic E-state index is -1.03. The fraction of sp³-hybridized carbons (Fsp3) is 0.625. The van der Waals surface area contributed by atoms with Crippen LogP contribution in [0.4, 0.5) is 0 Å². The van der Waals surface area contributed by atoms with Gasteiger partial charge in [0, 0.05) is 5.57 Å². The molecule has 0 saturated carbocycles. The molecule has 0 heterocycles. The summed E-state index contributed by atoms with van der Waals surface area (Å²) in [6, 6.07) is 7.69. The van der Waals surface area contributed by atoms with Crippen LogP contribution in [0.3, 0.4) is 0 Å². The maximum absolute atomic E-state index is 10.0. The van der Waals surface area contributed by atoms with E-state index in [0.717, 1.165) is 5.56 Å². The summed E-state index contributed by atoms with van der Waals surface area (Å²) in [7, 11) is 0. The second-order valence-corrected chi connectivity index (χ2v) is 8.04. The maximum atomic E-state index is 10.0. The molecule has 1 aromatic carbocycles. The molecule has 9 heteroatoms. The molecule has 0 aliphatic heterocycles. The molecule has 3 N–H and O–H groups in total. The van der Waals surface area contributed by atoms with Crippen molar-refractivity contribution in [2.75, 3.05) is 59.5 Å². The van der Waals surface area contributed by atoms with Gasteiger partial charge in [0.05, 0.1) is 52.9 Å². The van der Waals surface area contributed by atoms with E-state index in [1.54, 1.807) is 0 Å². The molecule has 1 unspecified atom stereocenters. The molecule has 0 fully saturated rings. The molecular formula is C24H40O9. The molecule has 0 bridgehead atoms. The fourth-order valence-electron chi connectivity index (χ4n) is 2.28. The van der Waals surface area contributed by atoms with Gasteiger partial charge in [-0.05, 0) is 24.0 Å². The number of ether oxygens (including phenoxy) is 5. The molecule has 0 saturated heterocycles. The number of rotatable bonds is 16. The van der Waals surface area contributed by atoms with Crippen LogP contribution in [0.1, 0.15) is 33.3 Å². The number of carboxylic acids is 1. The third-order valence-electron chi connectivity index (χ3n) is 3.94.